The standard InChI is InChI=1S/C37H38ClFN4O4S/c1-4-6-19-40-37(46)47-31-23-43(22-27-29(38)13-10-14-30(27)39)36-33(34(31)45)28(21-42(3)20-24-11-8-7-9-12-24)35(48-36)25-15-17-26(18-16-25)41-32(44)5-2/h7-18,23H,4-6,19-22H2,1-3H3,(H,40,46)(H,41,44). The molecular formula is C37H38ClFN4O4S. The van der Waals surface area contributed by atoms with Crippen LogP contribution in [-0.4, -0.2) is 35.1 Å². The largest absolute Gasteiger partial charge is 0.412 e. The molecule has 48 heavy (non-hydrogen) atoms. The Bertz CT molecular complexity index is 1940. The first kappa shape index (κ1) is 34.8. The molecule has 2 amide bonds. The maximum atomic E-state index is 15.1. The first-order valence-corrected chi connectivity index (χ1v) is 17.1. The molecular weight excluding hydrogens is 651 g/mol. The summed E-state index contributed by atoms with van der Waals surface area (Å²) in [6, 6.07) is 21.9. The van der Waals surface area contributed by atoms with Gasteiger partial charge in [0.2, 0.25) is 11.3 Å². The van der Waals surface area contributed by atoms with Crippen molar-refractivity contribution in [2.75, 3.05) is 18.9 Å². The summed E-state index contributed by atoms with van der Waals surface area (Å²) in [4.78, 5) is 42.6. The van der Waals surface area contributed by atoms with Crippen LogP contribution in [0.3, 0.4) is 0 Å². The third kappa shape index (κ3) is 8.31. The van der Waals surface area contributed by atoms with Crippen molar-refractivity contribution in [3.8, 4) is 16.2 Å². The molecule has 5 rings (SSSR count). The summed E-state index contributed by atoms with van der Waals surface area (Å²) in [5.74, 6) is -0.751. The summed E-state index contributed by atoms with van der Waals surface area (Å²) >= 11 is 7.85. The number of amides is 2. The van der Waals surface area contributed by atoms with Crippen molar-refractivity contribution >= 4 is 50.8 Å². The highest BCUT2D eigenvalue weighted by Gasteiger charge is 2.24. The van der Waals surface area contributed by atoms with E-state index in [1.165, 1.54) is 29.7 Å². The summed E-state index contributed by atoms with van der Waals surface area (Å²) in [5, 5.41) is 6.19. The van der Waals surface area contributed by atoms with Crippen LogP contribution in [0.1, 0.15) is 49.8 Å². The van der Waals surface area contributed by atoms with Crippen molar-refractivity contribution in [3.05, 3.63) is 117 Å². The second kappa shape index (κ2) is 16.1. The SMILES string of the molecule is CCCCNC(=O)Oc1cn(Cc2c(F)cccc2Cl)c2sc(-c3ccc(NC(=O)CC)cc3)c(CN(C)Cc3ccccc3)c2c1=O. The van der Waals surface area contributed by atoms with Gasteiger partial charge in [0.1, 0.15) is 10.6 Å². The molecule has 0 radical (unpaired) electrons. The van der Waals surface area contributed by atoms with E-state index in [4.69, 9.17) is 16.3 Å². The Morgan fingerprint density at radius 3 is 2.42 bits per heavy atom. The van der Waals surface area contributed by atoms with Gasteiger partial charge in [0.15, 0.2) is 5.75 Å². The normalized spacial score (nSPS) is 11.2. The Kier molecular flexibility index (Phi) is 11.6. The van der Waals surface area contributed by atoms with Crippen LogP contribution in [0, 0.1) is 5.82 Å². The number of carbonyl (C=O) groups excluding carboxylic acids is 2. The number of fused-ring (bicyclic) bond motifs is 1. The number of nitrogens with zero attached hydrogens (tertiary/aromatic N) is 2. The van der Waals surface area contributed by atoms with Gasteiger partial charge >= 0.3 is 6.09 Å². The Hall–Kier alpha value is -4.51. The molecule has 0 fully saturated rings. The second-order valence-corrected chi connectivity index (χ2v) is 13.0. The molecule has 2 aromatic heterocycles. The third-order valence-corrected chi connectivity index (χ3v) is 9.51. The van der Waals surface area contributed by atoms with Gasteiger partial charge in [0, 0.05) is 47.2 Å². The molecule has 0 aliphatic rings. The zero-order valence-electron chi connectivity index (χ0n) is 27.1. The third-order valence-electron chi connectivity index (χ3n) is 7.84. The van der Waals surface area contributed by atoms with E-state index in [0.717, 1.165) is 34.4 Å². The first-order valence-electron chi connectivity index (χ1n) is 15.9. The van der Waals surface area contributed by atoms with Gasteiger partial charge < -0.3 is 19.9 Å². The van der Waals surface area contributed by atoms with Crippen LogP contribution in [0.15, 0.2) is 83.8 Å². The quantitative estimate of drug-likeness (QED) is 0.121. The van der Waals surface area contributed by atoms with E-state index < -0.39 is 17.3 Å². The number of aromatic nitrogens is 1. The number of thiophene rings is 1. The van der Waals surface area contributed by atoms with Gasteiger partial charge in [-0.1, -0.05) is 80.4 Å². The second-order valence-electron chi connectivity index (χ2n) is 11.5. The van der Waals surface area contributed by atoms with E-state index in [2.05, 4.69) is 15.5 Å². The number of halogens is 2. The number of carbonyl (C=O) groups is 2. The number of hydrogen-bond donors (Lipinski definition) is 2. The maximum Gasteiger partial charge on any atom is 0.412 e. The molecule has 0 bridgehead atoms. The predicted molar refractivity (Wildman–Crippen MR) is 192 cm³/mol. The van der Waals surface area contributed by atoms with E-state index >= 15 is 4.39 Å². The lowest BCUT2D eigenvalue weighted by Crippen LogP contribution is -2.30. The van der Waals surface area contributed by atoms with Crippen molar-refractivity contribution in [2.45, 2.75) is 52.7 Å². The number of hydrogen-bond acceptors (Lipinski definition) is 6. The fraction of sp³-hybridized carbons (Fsp3) is 0.270. The number of anilines is 1. The Morgan fingerprint density at radius 2 is 1.73 bits per heavy atom. The van der Waals surface area contributed by atoms with E-state index in [1.54, 1.807) is 17.6 Å². The molecule has 0 aliphatic heterocycles. The zero-order chi connectivity index (χ0) is 34.2. The van der Waals surface area contributed by atoms with Gasteiger partial charge in [-0.2, -0.15) is 0 Å². The van der Waals surface area contributed by atoms with Crippen molar-refractivity contribution < 1.29 is 18.7 Å². The molecule has 3 aromatic carbocycles. The highest BCUT2D eigenvalue weighted by Crippen LogP contribution is 2.40. The van der Waals surface area contributed by atoms with Crippen LogP contribution in [-0.2, 0) is 24.4 Å². The van der Waals surface area contributed by atoms with Crippen LogP contribution < -0.4 is 20.8 Å². The average molecular weight is 689 g/mol. The highest BCUT2D eigenvalue weighted by atomic mass is 35.5. The summed E-state index contributed by atoms with van der Waals surface area (Å²) in [6.45, 7) is 5.21. The molecule has 0 atom stereocenters. The Balaban J connectivity index is 1.68. The van der Waals surface area contributed by atoms with E-state index in [-0.39, 0.29) is 28.8 Å². The number of unbranched alkanes of at least 4 members (excludes halogenated alkanes) is 1. The lowest BCUT2D eigenvalue weighted by molar-refractivity contribution is -0.115. The monoisotopic (exact) mass is 688 g/mol. The van der Waals surface area contributed by atoms with Gasteiger partial charge in [0.25, 0.3) is 0 Å². The first-order chi connectivity index (χ1) is 23.2. The van der Waals surface area contributed by atoms with Crippen LogP contribution in [0.4, 0.5) is 14.9 Å². The molecule has 8 nitrogen and oxygen atoms in total. The molecule has 0 spiro atoms. The number of rotatable bonds is 13. The van der Waals surface area contributed by atoms with Crippen LogP contribution >= 0.6 is 22.9 Å². The van der Waals surface area contributed by atoms with Gasteiger partial charge in [-0.05, 0) is 54.4 Å². The minimum Gasteiger partial charge on any atom is -0.405 e. The van der Waals surface area contributed by atoms with Crippen molar-refractivity contribution in [1.29, 1.82) is 0 Å². The molecule has 5 aromatic rings. The lowest BCUT2D eigenvalue weighted by Gasteiger charge is -2.18. The van der Waals surface area contributed by atoms with Gasteiger partial charge in [-0.15, -0.1) is 11.3 Å². The highest BCUT2D eigenvalue weighted by molar-refractivity contribution is 7.22. The average Bonchev–Trinajstić information content (AvgIpc) is 3.45. The van der Waals surface area contributed by atoms with E-state index in [0.29, 0.717) is 42.0 Å². The van der Waals surface area contributed by atoms with Crippen molar-refractivity contribution in [3.63, 3.8) is 0 Å². The van der Waals surface area contributed by atoms with Crippen LogP contribution in [0.5, 0.6) is 5.75 Å². The molecule has 0 saturated heterocycles. The molecule has 0 saturated carbocycles. The van der Waals surface area contributed by atoms with Crippen LogP contribution in [0.25, 0.3) is 20.7 Å². The van der Waals surface area contributed by atoms with Gasteiger partial charge in [-0.25, -0.2) is 9.18 Å². The fourth-order valence-corrected chi connectivity index (χ4v) is 6.89. The molecule has 0 aliphatic carbocycles. The summed E-state index contributed by atoms with van der Waals surface area (Å²) in [7, 11) is 1.98. The molecule has 2 heterocycles. The number of ether oxygens (including phenoxy) is 1. The smallest absolute Gasteiger partial charge is 0.405 e. The zero-order valence-corrected chi connectivity index (χ0v) is 28.7. The summed E-state index contributed by atoms with van der Waals surface area (Å²) in [6.07, 6.45) is 2.71. The topological polar surface area (TPSA) is 92.7 Å². The molecule has 0 unspecified atom stereocenters. The predicted octanol–water partition coefficient (Wildman–Crippen LogP) is 8.44. The van der Waals surface area contributed by atoms with E-state index in [9.17, 15) is 14.4 Å². The minimum absolute atomic E-state index is 0.00264. The fourth-order valence-electron chi connectivity index (χ4n) is 5.38. The maximum absolute atomic E-state index is 15.1. The van der Waals surface area contributed by atoms with Crippen molar-refractivity contribution in [1.82, 2.24) is 14.8 Å². The van der Waals surface area contributed by atoms with Crippen molar-refractivity contribution in [2.24, 2.45) is 0 Å². The minimum atomic E-state index is -0.738. The molecule has 11 heteroatoms. The number of pyridine rings is 1. The summed E-state index contributed by atoms with van der Waals surface area (Å²) in [5.41, 5.74) is 3.15. The Labute approximate surface area is 288 Å². The van der Waals surface area contributed by atoms with Gasteiger partial charge in [0.05, 0.1) is 18.1 Å². The Morgan fingerprint density at radius 1 is 0.979 bits per heavy atom. The number of benzene rings is 3. The summed E-state index contributed by atoms with van der Waals surface area (Å²) < 4.78 is 22.4. The van der Waals surface area contributed by atoms with E-state index in [1.807, 2.05) is 68.6 Å². The van der Waals surface area contributed by atoms with Crippen LogP contribution in [0.2, 0.25) is 5.02 Å². The van der Waals surface area contributed by atoms with Gasteiger partial charge in [-0.3, -0.25) is 14.5 Å². The lowest BCUT2D eigenvalue weighted by atomic mass is 10.0. The number of nitrogens with one attached hydrogen (secondary N) is 2. The molecule has 2 N–H and O–H groups in total. The molecule has 250 valence electrons.